The van der Waals surface area contributed by atoms with Gasteiger partial charge >= 0.3 is 0 Å². The molecule has 1 aliphatic carbocycles. The second-order valence-electron chi connectivity index (χ2n) is 13.2. The molecule has 7 aromatic carbocycles. The van der Waals surface area contributed by atoms with Crippen LogP contribution < -0.4 is 0 Å². The van der Waals surface area contributed by atoms with Crippen LogP contribution in [-0.2, 0) is 5.41 Å². The van der Waals surface area contributed by atoms with E-state index >= 15 is 0 Å². The highest BCUT2D eigenvalue weighted by molar-refractivity contribution is 6.32. The van der Waals surface area contributed by atoms with Gasteiger partial charge in [-0.15, -0.1) is 0 Å². The smallest absolute Gasteiger partial charge is 0.164 e. The van der Waals surface area contributed by atoms with Crippen molar-refractivity contribution in [3.8, 4) is 45.3 Å². The van der Waals surface area contributed by atoms with Crippen LogP contribution in [0.25, 0.3) is 88.8 Å². The van der Waals surface area contributed by atoms with Crippen LogP contribution in [-0.4, -0.2) is 15.0 Å². The number of aromatic nitrogens is 3. The van der Waals surface area contributed by atoms with Crippen molar-refractivity contribution in [1.82, 2.24) is 15.0 Å². The highest BCUT2D eigenvalue weighted by Gasteiger charge is 2.35. The number of hydrogen-bond donors (Lipinski definition) is 0. The number of benzene rings is 7. The molecule has 0 unspecified atom stereocenters. The van der Waals surface area contributed by atoms with Crippen LogP contribution in [0.3, 0.4) is 0 Å². The molecule has 48 heavy (non-hydrogen) atoms. The maximum Gasteiger partial charge on any atom is 0.164 e. The molecule has 10 rings (SSSR count). The van der Waals surface area contributed by atoms with E-state index in [2.05, 4.69) is 123 Å². The van der Waals surface area contributed by atoms with Crippen molar-refractivity contribution in [2.24, 2.45) is 0 Å². The maximum atomic E-state index is 6.59. The Kier molecular flexibility index (Phi) is 5.59. The van der Waals surface area contributed by atoms with E-state index in [9.17, 15) is 0 Å². The number of rotatable bonds is 3. The lowest BCUT2D eigenvalue weighted by Crippen LogP contribution is -2.14. The molecule has 1 aliphatic rings. The van der Waals surface area contributed by atoms with Gasteiger partial charge in [-0.05, 0) is 45.2 Å². The van der Waals surface area contributed by atoms with E-state index in [0.717, 1.165) is 60.2 Å². The third-order valence-electron chi connectivity index (χ3n) is 10.1. The van der Waals surface area contributed by atoms with Crippen LogP contribution in [0.2, 0.25) is 0 Å². The number of nitrogens with zero attached hydrogens (tertiary/aromatic N) is 3. The monoisotopic (exact) mass is 615 g/mol. The summed E-state index contributed by atoms with van der Waals surface area (Å²) >= 11 is 0. The highest BCUT2D eigenvalue weighted by atomic mass is 16.3. The Labute approximate surface area is 277 Å². The molecule has 2 heterocycles. The van der Waals surface area contributed by atoms with E-state index in [4.69, 9.17) is 19.4 Å². The Balaban J connectivity index is 1.26. The lowest BCUT2D eigenvalue weighted by Gasteiger charge is -2.21. The highest BCUT2D eigenvalue weighted by Crippen LogP contribution is 2.49. The molecule has 4 nitrogen and oxygen atoms in total. The largest absolute Gasteiger partial charge is 0.455 e. The summed E-state index contributed by atoms with van der Waals surface area (Å²) in [5.74, 6) is 1.92. The van der Waals surface area contributed by atoms with Gasteiger partial charge in [-0.3, -0.25) is 0 Å². The third kappa shape index (κ3) is 3.80. The first-order valence-corrected chi connectivity index (χ1v) is 16.4. The van der Waals surface area contributed by atoms with Crippen molar-refractivity contribution in [3.05, 3.63) is 151 Å². The van der Waals surface area contributed by atoms with Crippen LogP contribution in [0, 0.1) is 0 Å². The van der Waals surface area contributed by atoms with Crippen molar-refractivity contribution in [2.75, 3.05) is 0 Å². The van der Waals surface area contributed by atoms with E-state index in [1.165, 1.54) is 22.3 Å². The molecule has 0 spiro atoms. The van der Waals surface area contributed by atoms with Gasteiger partial charge in [-0.2, -0.15) is 0 Å². The SMILES string of the molecule is CC1(C)c2ccccc2-c2cc(-c3nc(-c4ccccc4)nc(-c4cccc5c6oc7ccccc7c6c6ccccc6c45)n3)ccc21. The van der Waals surface area contributed by atoms with Crippen LogP contribution in [0.4, 0.5) is 0 Å². The second kappa shape index (κ2) is 9.93. The van der Waals surface area contributed by atoms with Crippen molar-refractivity contribution in [1.29, 1.82) is 0 Å². The van der Waals surface area contributed by atoms with E-state index < -0.39 is 0 Å². The fourth-order valence-electron chi connectivity index (χ4n) is 7.84. The molecule has 0 saturated heterocycles. The molecule has 0 radical (unpaired) electrons. The average molecular weight is 616 g/mol. The molecule has 0 atom stereocenters. The molecule has 4 heteroatoms. The quantitative estimate of drug-likeness (QED) is 0.186. The molecule has 0 saturated carbocycles. The molecule has 0 amide bonds. The maximum absolute atomic E-state index is 6.59. The number of para-hydroxylation sites is 1. The Hall–Kier alpha value is -6.13. The lowest BCUT2D eigenvalue weighted by molar-refractivity contribution is 0.660. The number of furan rings is 1. The summed E-state index contributed by atoms with van der Waals surface area (Å²) in [4.78, 5) is 15.5. The van der Waals surface area contributed by atoms with Crippen molar-refractivity contribution >= 4 is 43.5 Å². The zero-order chi connectivity index (χ0) is 32.0. The first kappa shape index (κ1) is 27.0. The molecular formula is C44H29N3O. The lowest BCUT2D eigenvalue weighted by atomic mass is 9.82. The van der Waals surface area contributed by atoms with E-state index in [1.54, 1.807) is 0 Å². The minimum Gasteiger partial charge on any atom is -0.455 e. The Morgan fingerprint density at radius 3 is 1.88 bits per heavy atom. The first-order valence-electron chi connectivity index (χ1n) is 16.4. The van der Waals surface area contributed by atoms with Crippen LogP contribution in [0.15, 0.2) is 144 Å². The van der Waals surface area contributed by atoms with Gasteiger partial charge in [0.05, 0.1) is 0 Å². The topological polar surface area (TPSA) is 51.8 Å². The standard InChI is InChI=1S/C44H29N3O/c1-44(2)35-21-10-8-15-28(35)34-25-27(23-24-36(34)44)42-45-41(26-13-4-3-5-14-26)46-43(47-42)33-20-12-19-32-38(33)29-16-6-7-17-30(29)39-31-18-9-11-22-37(31)48-40(32)39/h3-25H,1-2H3. The molecule has 2 aromatic heterocycles. The molecule has 0 fully saturated rings. The van der Waals surface area contributed by atoms with Crippen molar-refractivity contribution in [2.45, 2.75) is 19.3 Å². The summed E-state index contributed by atoms with van der Waals surface area (Å²) in [6.07, 6.45) is 0. The summed E-state index contributed by atoms with van der Waals surface area (Å²) in [5.41, 5.74) is 9.71. The van der Waals surface area contributed by atoms with Gasteiger partial charge in [0.2, 0.25) is 0 Å². The van der Waals surface area contributed by atoms with Crippen LogP contribution in [0.5, 0.6) is 0 Å². The fourth-order valence-corrected chi connectivity index (χ4v) is 7.84. The van der Waals surface area contributed by atoms with Gasteiger partial charge in [-0.1, -0.05) is 141 Å². The molecule has 0 aliphatic heterocycles. The molecule has 9 aromatic rings. The summed E-state index contributed by atoms with van der Waals surface area (Å²) in [6.45, 7) is 4.60. The third-order valence-corrected chi connectivity index (χ3v) is 10.1. The molecule has 226 valence electrons. The van der Waals surface area contributed by atoms with Crippen LogP contribution >= 0.6 is 0 Å². The average Bonchev–Trinajstić information content (AvgIpc) is 3.65. The molecular weight excluding hydrogens is 587 g/mol. The van der Waals surface area contributed by atoms with Crippen molar-refractivity contribution in [3.63, 3.8) is 0 Å². The van der Waals surface area contributed by atoms with E-state index in [1.807, 2.05) is 30.3 Å². The predicted molar refractivity (Wildman–Crippen MR) is 196 cm³/mol. The van der Waals surface area contributed by atoms with E-state index in [0.29, 0.717) is 17.5 Å². The summed E-state index contributed by atoms with van der Waals surface area (Å²) in [6, 6.07) is 48.8. The summed E-state index contributed by atoms with van der Waals surface area (Å²) < 4.78 is 6.59. The zero-order valence-electron chi connectivity index (χ0n) is 26.5. The first-order chi connectivity index (χ1) is 23.6. The fraction of sp³-hybridized carbons (Fsp3) is 0.0682. The van der Waals surface area contributed by atoms with Gasteiger partial charge in [0.25, 0.3) is 0 Å². The Bertz CT molecular complexity index is 2760. The van der Waals surface area contributed by atoms with Gasteiger partial charge in [-0.25, -0.2) is 15.0 Å². The number of fused-ring (bicyclic) bond motifs is 11. The minimum absolute atomic E-state index is 0.0735. The van der Waals surface area contributed by atoms with Gasteiger partial charge in [0, 0.05) is 43.7 Å². The predicted octanol–water partition coefficient (Wildman–Crippen LogP) is 11.4. The summed E-state index contributed by atoms with van der Waals surface area (Å²) in [5, 5.41) is 6.65. The van der Waals surface area contributed by atoms with Gasteiger partial charge in [0.1, 0.15) is 11.2 Å². The normalized spacial score (nSPS) is 13.4. The molecule has 0 bridgehead atoms. The van der Waals surface area contributed by atoms with E-state index in [-0.39, 0.29) is 5.41 Å². The zero-order valence-corrected chi connectivity index (χ0v) is 26.5. The Morgan fingerprint density at radius 2 is 1.04 bits per heavy atom. The van der Waals surface area contributed by atoms with Crippen LogP contribution in [0.1, 0.15) is 25.0 Å². The van der Waals surface area contributed by atoms with Gasteiger partial charge in [0.15, 0.2) is 17.5 Å². The Morgan fingerprint density at radius 1 is 0.438 bits per heavy atom. The second-order valence-corrected chi connectivity index (χ2v) is 13.2. The van der Waals surface area contributed by atoms with Gasteiger partial charge < -0.3 is 4.42 Å². The van der Waals surface area contributed by atoms with Crippen molar-refractivity contribution < 1.29 is 4.42 Å². The minimum atomic E-state index is -0.0735. The number of hydrogen-bond acceptors (Lipinski definition) is 4. The molecule has 0 N–H and O–H groups in total. The summed E-state index contributed by atoms with van der Waals surface area (Å²) in [7, 11) is 0.